The Morgan fingerprint density at radius 3 is 2.96 bits per heavy atom. The van der Waals surface area contributed by atoms with Crippen molar-refractivity contribution in [2.24, 2.45) is 0 Å². The molecule has 0 saturated heterocycles. The summed E-state index contributed by atoms with van der Waals surface area (Å²) < 4.78 is 19.8. The molecule has 3 aromatic heterocycles. The number of carbonyl (C=O) groups is 1. The van der Waals surface area contributed by atoms with Gasteiger partial charge >= 0.3 is 0 Å². The van der Waals surface area contributed by atoms with Crippen molar-refractivity contribution in [3.8, 4) is 11.4 Å². The quantitative estimate of drug-likeness (QED) is 0.602. The van der Waals surface area contributed by atoms with Crippen LogP contribution in [0.5, 0.6) is 0 Å². The van der Waals surface area contributed by atoms with E-state index in [2.05, 4.69) is 20.6 Å². The molecule has 24 heavy (non-hydrogen) atoms. The van der Waals surface area contributed by atoms with Crippen LogP contribution in [-0.2, 0) is 0 Å². The average molecular weight is 364 g/mol. The van der Waals surface area contributed by atoms with Crippen LogP contribution in [0.3, 0.4) is 0 Å². The highest BCUT2D eigenvalue weighted by molar-refractivity contribution is 7.20. The van der Waals surface area contributed by atoms with Crippen LogP contribution in [0.4, 0.5) is 9.52 Å². The largest absolute Gasteiger partial charge is 0.459 e. The van der Waals surface area contributed by atoms with Crippen LogP contribution in [0.1, 0.15) is 10.6 Å². The van der Waals surface area contributed by atoms with Gasteiger partial charge in [0.25, 0.3) is 5.91 Å². The molecule has 0 atom stereocenters. The van der Waals surface area contributed by atoms with Gasteiger partial charge in [0.15, 0.2) is 11.6 Å². The molecule has 3 heterocycles. The van der Waals surface area contributed by atoms with Gasteiger partial charge in [0.2, 0.25) is 10.1 Å². The zero-order chi connectivity index (χ0) is 16.7. The summed E-state index contributed by atoms with van der Waals surface area (Å²) in [4.78, 5) is 12.4. The maximum absolute atomic E-state index is 13.3. The number of anilines is 1. The summed E-state index contributed by atoms with van der Waals surface area (Å²) >= 11 is 6.94. The topological polar surface area (TPSA) is 85.3 Å². The van der Waals surface area contributed by atoms with Crippen LogP contribution in [0.25, 0.3) is 16.3 Å². The Morgan fingerprint density at radius 2 is 2.21 bits per heavy atom. The lowest BCUT2D eigenvalue weighted by Gasteiger charge is -1.99. The molecule has 10 heteroatoms. The molecule has 0 bridgehead atoms. The zero-order valence-corrected chi connectivity index (χ0v) is 13.3. The highest BCUT2D eigenvalue weighted by Crippen LogP contribution is 2.27. The highest BCUT2D eigenvalue weighted by atomic mass is 35.5. The Kier molecular flexibility index (Phi) is 3.51. The van der Waals surface area contributed by atoms with E-state index in [9.17, 15) is 9.18 Å². The fraction of sp³-hybridized carbons (Fsp3) is 0. The molecule has 0 spiro atoms. The molecule has 4 rings (SSSR count). The molecule has 1 amide bonds. The number of rotatable bonds is 3. The van der Waals surface area contributed by atoms with Crippen LogP contribution in [0, 0.1) is 5.82 Å². The van der Waals surface area contributed by atoms with E-state index >= 15 is 0 Å². The number of nitrogens with zero attached hydrogens (tertiary/aromatic N) is 4. The standard InChI is InChI=1S/C14H7ClFN5O2S/c15-8-6-7(3-4-9(8)16)11-18-19-14-21(11)20-13(24-14)17-12(22)10-2-1-5-23-10/h1-6H,(H,17,20,22). The SMILES string of the molecule is O=C(Nc1nn2c(-c3ccc(F)c(Cl)c3)nnc2s1)c1ccco1. The number of aromatic nitrogens is 4. The smallest absolute Gasteiger partial charge is 0.293 e. The third-order valence-electron chi connectivity index (χ3n) is 3.13. The molecule has 0 aliphatic carbocycles. The third-order valence-corrected chi connectivity index (χ3v) is 4.24. The monoisotopic (exact) mass is 363 g/mol. The first-order valence-corrected chi connectivity index (χ1v) is 7.84. The predicted octanol–water partition coefficient (Wildman–Crippen LogP) is 3.49. The number of halogens is 2. The minimum Gasteiger partial charge on any atom is -0.459 e. The fourth-order valence-corrected chi connectivity index (χ4v) is 2.96. The Morgan fingerprint density at radius 1 is 1.33 bits per heavy atom. The van der Waals surface area contributed by atoms with Crippen molar-refractivity contribution in [2.75, 3.05) is 5.32 Å². The Balaban J connectivity index is 1.68. The molecule has 7 nitrogen and oxygen atoms in total. The summed E-state index contributed by atoms with van der Waals surface area (Å²) in [5.74, 6) is -0.379. The van der Waals surface area contributed by atoms with Gasteiger partial charge < -0.3 is 4.42 Å². The van der Waals surface area contributed by atoms with Crippen LogP contribution < -0.4 is 5.32 Å². The first kappa shape index (κ1) is 14.8. The first-order valence-electron chi connectivity index (χ1n) is 6.64. The maximum Gasteiger partial charge on any atom is 0.293 e. The predicted molar refractivity (Wildman–Crippen MR) is 85.7 cm³/mol. The van der Waals surface area contributed by atoms with Gasteiger partial charge in [-0.05, 0) is 30.3 Å². The Hall–Kier alpha value is -2.78. The summed E-state index contributed by atoms with van der Waals surface area (Å²) in [6.07, 6.45) is 1.41. The Labute approximate surface area is 142 Å². The zero-order valence-electron chi connectivity index (χ0n) is 11.7. The molecule has 0 aliphatic rings. The van der Waals surface area contributed by atoms with E-state index in [1.807, 2.05) is 0 Å². The van der Waals surface area contributed by atoms with Crippen molar-refractivity contribution in [2.45, 2.75) is 0 Å². The Bertz CT molecular complexity index is 1040. The van der Waals surface area contributed by atoms with E-state index < -0.39 is 11.7 Å². The maximum atomic E-state index is 13.3. The molecule has 0 aliphatic heterocycles. The molecule has 120 valence electrons. The molecule has 4 aromatic rings. The second-order valence-electron chi connectivity index (χ2n) is 4.69. The number of fused-ring (bicyclic) bond motifs is 1. The molecule has 0 radical (unpaired) electrons. The molecule has 0 saturated carbocycles. The summed E-state index contributed by atoms with van der Waals surface area (Å²) in [5.41, 5.74) is 0.558. The number of amides is 1. The number of furan rings is 1. The first-order chi connectivity index (χ1) is 11.6. The number of benzene rings is 1. The molecular weight excluding hydrogens is 357 g/mol. The molecule has 0 fully saturated rings. The van der Waals surface area contributed by atoms with Gasteiger partial charge in [0.05, 0.1) is 11.3 Å². The molecule has 0 unspecified atom stereocenters. The number of hydrogen-bond acceptors (Lipinski definition) is 6. The number of carbonyl (C=O) groups excluding carboxylic acids is 1. The molecule has 1 N–H and O–H groups in total. The van der Waals surface area contributed by atoms with Gasteiger partial charge in [-0.15, -0.1) is 15.3 Å². The van der Waals surface area contributed by atoms with Crippen molar-refractivity contribution in [3.05, 3.63) is 53.2 Å². The lowest BCUT2D eigenvalue weighted by atomic mass is 10.2. The van der Waals surface area contributed by atoms with Crippen molar-refractivity contribution in [1.82, 2.24) is 19.8 Å². The summed E-state index contributed by atoms with van der Waals surface area (Å²) in [6, 6.07) is 7.36. The second kappa shape index (κ2) is 5.69. The fourth-order valence-electron chi connectivity index (χ4n) is 2.05. The van der Waals surface area contributed by atoms with Gasteiger partial charge in [-0.3, -0.25) is 10.1 Å². The summed E-state index contributed by atoms with van der Waals surface area (Å²) in [5, 5.41) is 15.2. The molecular formula is C14H7ClFN5O2S. The van der Waals surface area contributed by atoms with Crippen LogP contribution in [0.15, 0.2) is 41.0 Å². The van der Waals surface area contributed by atoms with Gasteiger partial charge in [0, 0.05) is 5.56 Å². The van der Waals surface area contributed by atoms with E-state index in [-0.39, 0.29) is 10.8 Å². The van der Waals surface area contributed by atoms with Crippen molar-refractivity contribution < 1.29 is 13.6 Å². The van der Waals surface area contributed by atoms with Crippen molar-refractivity contribution >= 4 is 38.9 Å². The number of hydrogen-bond donors (Lipinski definition) is 1. The van der Waals surface area contributed by atoms with E-state index in [1.165, 1.54) is 29.0 Å². The van der Waals surface area contributed by atoms with Crippen LogP contribution in [0.2, 0.25) is 5.02 Å². The normalized spacial score (nSPS) is 11.1. The summed E-state index contributed by atoms with van der Waals surface area (Å²) in [7, 11) is 0. The molecule has 1 aromatic carbocycles. The van der Waals surface area contributed by atoms with E-state index in [0.29, 0.717) is 21.5 Å². The van der Waals surface area contributed by atoms with Crippen molar-refractivity contribution in [1.29, 1.82) is 0 Å². The second-order valence-corrected chi connectivity index (χ2v) is 6.05. The van der Waals surface area contributed by atoms with Crippen LogP contribution >= 0.6 is 22.9 Å². The van der Waals surface area contributed by atoms with Gasteiger partial charge in [0.1, 0.15) is 5.82 Å². The lowest BCUT2D eigenvalue weighted by molar-refractivity contribution is 0.0996. The summed E-state index contributed by atoms with van der Waals surface area (Å²) in [6.45, 7) is 0. The third kappa shape index (κ3) is 2.53. The highest BCUT2D eigenvalue weighted by Gasteiger charge is 2.17. The van der Waals surface area contributed by atoms with Crippen molar-refractivity contribution in [3.63, 3.8) is 0 Å². The van der Waals surface area contributed by atoms with E-state index in [4.69, 9.17) is 16.0 Å². The van der Waals surface area contributed by atoms with Gasteiger partial charge in [-0.25, -0.2) is 4.39 Å². The minimum absolute atomic E-state index is 0.0224. The minimum atomic E-state index is -0.522. The number of nitrogens with one attached hydrogen (secondary N) is 1. The van der Waals surface area contributed by atoms with Gasteiger partial charge in [-0.1, -0.05) is 22.9 Å². The average Bonchev–Trinajstić information content (AvgIpc) is 3.26. The van der Waals surface area contributed by atoms with Gasteiger partial charge in [-0.2, -0.15) is 4.52 Å². The van der Waals surface area contributed by atoms with Crippen LogP contribution in [-0.4, -0.2) is 25.7 Å². The lowest BCUT2D eigenvalue weighted by Crippen LogP contribution is -2.10. The van der Waals surface area contributed by atoms with E-state index in [1.54, 1.807) is 12.1 Å². The van der Waals surface area contributed by atoms with E-state index in [0.717, 1.165) is 11.3 Å².